The van der Waals surface area contributed by atoms with Crippen LogP contribution in [0.1, 0.15) is 76.3 Å². The summed E-state index contributed by atoms with van der Waals surface area (Å²) in [7, 11) is 0. The number of benzene rings is 2. The largest absolute Gasteiger partial charge is 0.480 e. The first-order valence-corrected chi connectivity index (χ1v) is 15.4. The molecule has 0 spiro atoms. The Labute approximate surface area is 243 Å². The number of carboxylic acid groups (broad SMARTS) is 1. The second-order valence-electron chi connectivity index (χ2n) is 11.5. The summed E-state index contributed by atoms with van der Waals surface area (Å²) in [6, 6.07) is 14.1. The molecule has 0 aromatic heterocycles. The van der Waals surface area contributed by atoms with Crippen LogP contribution in [0.15, 0.2) is 48.5 Å². The van der Waals surface area contributed by atoms with Crippen LogP contribution in [0.2, 0.25) is 0 Å². The third kappa shape index (κ3) is 5.86. The average Bonchev–Trinajstić information content (AvgIpc) is 3.17. The summed E-state index contributed by atoms with van der Waals surface area (Å²) in [5, 5.41) is 22.6. The van der Waals surface area contributed by atoms with Crippen molar-refractivity contribution in [3.8, 4) is 0 Å². The number of rotatable bonds is 11. The lowest BCUT2D eigenvalue weighted by Gasteiger charge is -2.50. The number of unbranched alkanes of at least 4 members (excludes halogenated alkanes) is 4. The number of hydrogen-bond acceptors (Lipinski definition) is 5. The summed E-state index contributed by atoms with van der Waals surface area (Å²) in [6.45, 7) is 5.87. The minimum atomic E-state index is -1.08. The van der Waals surface area contributed by atoms with Gasteiger partial charge in [0.2, 0.25) is 0 Å². The lowest BCUT2D eigenvalue weighted by atomic mass is 10.0. The van der Waals surface area contributed by atoms with Crippen molar-refractivity contribution < 1.29 is 19.8 Å². The van der Waals surface area contributed by atoms with Crippen molar-refractivity contribution in [2.45, 2.75) is 89.7 Å². The monoisotopic (exact) mass is 560 g/mol. The van der Waals surface area contributed by atoms with Crippen LogP contribution < -0.4 is 4.90 Å². The Hall–Kier alpha value is -3.36. The molecule has 2 aromatic rings. The highest BCUT2D eigenvalue weighted by molar-refractivity contribution is 5.89. The zero-order valence-electron chi connectivity index (χ0n) is 24.4. The molecular weight excluding hydrogens is 516 g/mol. The predicted octanol–water partition coefficient (Wildman–Crippen LogP) is 5.99. The molecule has 4 atom stereocenters. The Kier molecular flexibility index (Phi) is 9.30. The number of aliphatic carboxylic acids is 1. The van der Waals surface area contributed by atoms with Crippen LogP contribution in [0.3, 0.4) is 0 Å². The molecule has 0 saturated carbocycles. The first kappa shape index (κ1) is 29.1. The number of amides is 2. The quantitative estimate of drug-likeness (QED) is 0.329. The minimum absolute atomic E-state index is 0.141. The van der Waals surface area contributed by atoms with Crippen LogP contribution >= 0.6 is 0 Å². The van der Waals surface area contributed by atoms with Gasteiger partial charge in [-0.3, -0.25) is 4.90 Å². The molecule has 2 fully saturated rings. The topological polar surface area (TPSA) is 87.6 Å². The van der Waals surface area contributed by atoms with E-state index in [0.717, 1.165) is 67.4 Å². The molecule has 1 unspecified atom stereocenters. The number of fused-ring (bicyclic) bond motifs is 4. The number of carbonyl (C=O) groups is 2. The highest BCUT2D eigenvalue weighted by Gasteiger charge is 2.54. The van der Waals surface area contributed by atoms with Gasteiger partial charge < -0.3 is 24.9 Å². The number of hydrogen-bond donors (Lipinski definition) is 2. The number of likely N-dealkylation sites (tertiary alicyclic amines) is 1. The van der Waals surface area contributed by atoms with Crippen molar-refractivity contribution >= 4 is 35.5 Å². The summed E-state index contributed by atoms with van der Waals surface area (Å²) in [5.74, 6) is -1.01. The second-order valence-corrected chi connectivity index (χ2v) is 11.5. The number of aliphatic hydroxyl groups excluding tert-OH is 1. The zero-order valence-corrected chi connectivity index (χ0v) is 24.4. The van der Waals surface area contributed by atoms with Crippen LogP contribution in [0.25, 0.3) is 12.2 Å². The minimum Gasteiger partial charge on any atom is -0.480 e. The van der Waals surface area contributed by atoms with E-state index in [2.05, 4.69) is 26.0 Å². The third-order valence-corrected chi connectivity index (χ3v) is 8.87. The normalized spacial score (nSPS) is 22.2. The van der Waals surface area contributed by atoms with E-state index in [-0.39, 0.29) is 18.6 Å². The molecule has 0 aliphatic carbocycles. The van der Waals surface area contributed by atoms with Gasteiger partial charge >= 0.3 is 12.0 Å². The van der Waals surface area contributed by atoms with Crippen LogP contribution in [0.4, 0.5) is 16.2 Å². The summed E-state index contributed by atoms with van der Waals surface area (Å²) in [4.78, 5) is 34.2. The van der Waals surface area contributed by atoms with Crippen LogP contribution in [-0.4, -0.2) is 81.0 Å². The van der Waals surface area contributed by atoms with Crippen LogP contribution in [0, 0.1) is 0 Å². The number of urea groups is 1. The molecule has 3 aliphatic heterocycles. The van der Waals surface area contributed by atoms with E-state index in [1.165, 1.54) is 0 Å². The first-order valence-electron chi connectivity index (χ1n) is 15.4. The van der Waals surface area contributed by atoms with Gasteiger partial charge in [0.1, 0.15) is 6.04 Å². The van der Waals surface area contributed by atoms with E-state index in [9.17, 15) is 19.8 Å². The first-order chi connectivity index (χ1) is 20.0. The van der Waals surface area contributed by atoms with Gasteiger partial charge in [0.25, 0.3) is 0 Å². The second kappa shape index (κ2) is 13.1. The SMILES string of the molecule is CCCCCN(CCCCC)C(=O)N1C[C@@H]2CC[C@H]([C@H]1C(=O)O)N2C(O)N1c2ccccc2C=Cc2ccccc21. The molecule has 220 valence electrons. The Morgan fingerprint density at radius 1 is 0.878 bits per heavy atom. The van der Waals surface area contributed by atoms with Gasteiger partial charge in [-0.05, 0) is 48.9 Å². The fourth-order valence-corrected chi connectivity index (χ4v) is 6.82. The van der Waals surface area contributed by atoms with Crippen molar-refractivity contribution in [2.24, 2.45) is 0 Å². The zero-order chi connectivity index (χ0) is 28.9. The van der Waals surface area contributed by atoms with Crippen LogP contribution in [0.5, 0.6) is 0 Å². The van der Waals surface area contributed by atoms with Gasteiger partial charge in [-0.25, -0.2) is 9.59 Å². The smallest absolute Gasteiger partial charge is 0.328 e. The van der Waals surface area contributed by atoms with Gasteiger partial charge in [0.15, 0.2) is 6.35 Å². The molecule has 2 N–H and O–H groups in total. The van der Waals surface area contributed by atoms with Crippen molar-refractivity contribution in [3.05, 3.63) is 59.7 Å². The van der Waals surface area contributed by atoms with Gasteiger partial charge in [0.05, 0.1) is 11.4 Å². The van der Waals surface area contributed by atoms with E-state index in [1.807, 2.05) is 63.2 Å². The van der Waals surface area contributed by atoms with Crippen molar-refractivity contribution in [2.75, 3.05) is 24.5 Å². The number of para-hydroxylation sites is 2. The summed E-state index contributed by atoms with van der Waals surface area (Å²) >= 11 is 0. The highest BCUT2D eigenvalue weighted by Crippen LogP contribution is 2.42. The molecular formula is C33H44N4O4. The average molecular weight is 561 g/mol. The van der Waals surface area contributed by atoms with E-state index in [4.69, 9.17) is 0 Å². The summed E-state index contributed by atoms with van der Waals surface area (Å²) in [6.07, 6.45) is 10.4. The number of carboxylic acids is 1. The maximum absolute atomic E-state index is 14.0. The molecule has 2 bridgehead atoms. The molecule has 2 saturated heterocycles. The lowest BCUT2D eigenvalue weighted by molar-refractivity contribution is -0.151. The Morgan fingerprint density at radius 3 is 1.98 bits per heavy atom. The van der Waals surface area contributed by atoms with Crippen molar-refractivity contribution in [1.29, 1.82) is 0 Å². The molecule has 0 radical (unpaired) electrons. The van der Waals surface area contributed by atoms with E-state index in [0.29, 0.717) is 19.5 Å². The molecule has 8 heteroatoms. The van der Waals surface area contributed by atoms with E-state index < -0.39 is 24.4 Å². The fourth-order valence-electron chi connectivity index (χ4n) is 6.82. The molecule has 2 aromatic carbocycles. The molecule has 3 heterocycles. The number of nitrogens with zero attached hydrogens (tertiary/aromatic N) is 4. The molecule has 41 heavy (non-hydrogen) atoms. The third-order valence-electron chi connectivity index (χ3n) is 8.87. The number of aliphatic hydroxyl groups is 1. The summed E-state index contributed by atoms with van der Waals surface area (Å²) in [5.41, 5.74) is 3.69. The summed E-state index contributed by atoms with van der Waals surface area (Å²) < 4.78 is 0. The van der Waals surface area contributed by atoms with Crippen LogP contribution in [-0.2, 0) is 4.79 Å². The fraction of sp³-hybridized carbons (Fsp3) is 0.515. The Morgan fingerprint density at radius 2 is 1.44 bits per heavy atom. The van der Waals surface area contributed by atoms with Gasteiger partial charge in [-0.1, -0.05) is 88.1 Å². The van der Waals surface area contributed by atoms with E-state index >= 15 is 0 Å². The lowest BCUT2D eigenvalue weighted by Crippen LogP contribution is -2.69. The molecule has 2 amide bonds. The Bertz CT molecular complexity index is 1190. The highest BCUT2D eigenvalue weighted by atomic mass is 16.4. The molecule has 5 rings (SSSR count). The predicted molar refractivity (Wildman–Crippen MR) is 163 cm³/mol. The van der Waals surface area contributed by atoms with Crippen molar-refractivity contribution in [3.63, 3.8) is 0 Å². The molecule has 8 nitrogen and oxygen atoms in total. The number of carbonyl (C=O) groups excluding carboxylic acids is 1. The van der Waals surface area contributed by atoms with Gasteiger partial charge in [-0.15, -0.1) is 0 Å². The standard InChI is InChI=1S/C33H44N4O4/c1-3-5-11-21-34(22-12-6-4-2)32(40)35-23-26-19-20-29(30(35)31(38)39)36(26)33(41)37-27-15-9-7-13-24(27)17-18-25-14-8-10-16-28(25)37/h7-10,13-18,26,29-30,33,41H,3-6,11-12,19-23H2,1-2H3,(H,38,39)/t26-,29+,30-,33?/m0/s1. The van der Waals surface area contributed by atoms with Gasteiger partial charge in [-0.2, -0.15) is 0 Å². The Balaban J connectivity index is 1.45. The number of piperazine rings is 1. The maximum atomic E-state index is 14.0. The molecule has 3 aliphatic rings. The van der Waals surface area contributed by atoms with E-state index in [1.54, 1.807) is 4.90 Å². The van der Waals surface area contributed by atoms with Gasteiger partial charge in [0, 0.05) is 31.7 Å². The maximum Gasteiger partial charge on any atom is 0.328 e. The van der Waals surface area contributed by atoms with Crippen molar-refractivity contribution in [1.82, 2.24) is 14.7 Å². The number of anilines is 2.